The first-order valence-electron chi connectivity index (χ1n) is 7.33. The predicted molar refractivity (Wildman–Crippen MR) is 84.7 cm³/mol. The molecular formula is C16H21FN4O2. The molecule has 23 heavy (non-hydrogen) atoms. The lowest BCUT2D eigenvalue weighted by Crippen LogP contribution is -2.36. The Morgan fingerprint density at radius 1 is 1.43 bits per heavy atom. The smallest absolute Gasteiger partial charge is 0.234 e. The first-order chi connectivity index (χ1) is 11.1. The van der Waals surface area contributed by atoms with Crippen LogP contribution in [0.25, 0.3) is 5.69 Å². The molecule has 2 aromatic rings. The molecule has 1 aromatic carbocycles. The Bertz CT molecular complexity index is 645. The van der Waals surface area contributed by atoms with Gasteiger partial charge in [0, 0.05) is 26.4 Å². The Morgan fingerprint density at radius 3 is 3.00 bits per heavy atom. The summed E-state index contributed by atoms with van der Waals surface area (Å²) in [4.78, 5) is 13.6. The number of carbonyl (C=O) groups excluding carboxylic acids is 1. The quantitative estimate of drug-likeness (QED) is 0.743. The van der Waals surface area contributed by atoms with E-state index in [2.05, 4.69) is 10.4 Å². The molecule has 1 aromatic heterocycles. The molecule has 1 heterocycles. The second-order valence-electron chi connectivity index (χ2n) is 5.25. The van der Waals surface area contributed by atoms with E-state index in [0.717, 1.165) is 5.69 Å². The van der Waals surface area contributed by atoms with E-state index in [1.54, 1.807) is 30.1 Å². The number of hydrogen-bond acceptors (Lipinski definition) is 4. The Balaban J connectivity index is 1.87. The van der Waals surface area contributed by atoms with Crippen LogP contribution in [0.2, 0.25) is 0 Å². The van der Waals surface area contributed by atoms with Gasteiger partial charge in [-0.2, -0.15) is 5.10 Å². The zero-order chi connectivity index (χ0) is 16.7. The second kappa shape index (κ2) is 8.40. The van der Waals surface area contributed by atoms with Crippen molar-refractivity contribution < 1.29 is 13.9 Å². The molecule has 0 atom stereocenters. The van der Waals surface area contributed by atoms with Gasteiger partial charge in [0.25, 0.3) is 0 Å². The third-order valence-electron chi connectivity index (χ3n) is 3.19. The van der Waals surface area contributed by atoms with Crippen LogP contribution in [0.3, 0.4) is 0 Å². The van der Waals surface area contributed by atoms with Crippen LogP contribution in [0.4, 0.5) is 4.39 Å². The standard InChI is InChI=1S/C16H21FN4O2/c1-20(12-16(22)18-7-9-23-2)11-14-6-8-21(19-14)15-5-3-4-13(17)10-15/h3-6,8,10H,7,9,11-12H2,1-2H3,(H,18,22). The van der Waals surface area contributed by atoms with Crippen LogP contribution in [0.15, 0.2) is 36.5 Å². The summed E-state index contributed by atoms with van der Waals surface area (Å²) in [5, 5.41) is 7.17. The Labute approximate surface area is 134 Å². The number of methoxy groups -OCH3 is 1. The van der Waals surface area contributed by atoms with Crippen LogP contribution in [0.5, 0.6) is 0 Å². The topological polar surface area (TPSA) is 59.4 Å². The van der Waals surface area contributed by atoms with Crippen LogP contribution in [-0.4, -0.2) is 54.4 Å². The third-order valence-corrected chi connectivity index (χ3v) is 3.19. The molecule has 7 heteroatoms. The number of hydrogen-bond donors (Lipinski definition) is 1. The maximum atomic E-state index is 13.2. The number of likely N-dealkylation sites (N-methyl/N-ethyl adjacent to an activating group) is 1. The summed E-state index contributed by atoms with van der Waals surface area (Å²) in [6, 6.07) is 8.09. The molecule has 0 aliphatic carbocycles. The SMILES string of the molecule is COCCNC(=O)CN(C)Cc1ccn(-c2cccc(F)c2)n1. The Morgan fingerprint density at radius 2 is 2.26 bits per heavy atom. The van der Waals surface area contributed by atoms with Crippen LogP contribution < -0.4 is 5.32 Å². The van der Waals surface area contributed by atoms with Crippen molar-refractivity contribution in [1.82, 2.24) is 20.0 Å². The monoisotopic (exact) mass is 320 g/mol. The van der Waals surface area contributed by atoms with Gasteiger partial charge < -0.3 is 10.1 Å². The van der Waals surface area contributed by atoms with Gasteiger partial charge in [-0.05, 0) is 31.3 Å². The lowest BCUT2D eigenvalue weighted by atomic mass is 10.3. The Kier molecular flexibility index (Phi) is 6.25. The van der Waals surface area contributed by atoms with Crippen molar-refractivity contribution in [3.05, 3.63) is 48.0 Å². The van der Waals surface area contributed by atoms with Gasteiger partial charge in [-0.1, -0.05) is 6.07 Å². The van der Waals surface area contributed by atoms with E-state index in [4.69, 9.17) is 4.74 Å². The fourth-order valence-electron chi connectivity index (χ4n) is 2.13. The van der Waals surface area contributed by atoms with Crippen molar-refractivity contribution in [3.8, 4) is 5.69 Å². The fourth-order valence-corrected chi connectivity index (χ4v) is 2.13. The van der Waals surface area contributed by atoms with Gasteiger partial charge in [-0.15, -0.1) is 0 Å². The molecule has 0 saturated heterocycles. The fraction of sp³-hybridized carbons (Fsp3) is 0.375. The molecule has 0 bridgehead atoms. The van der Waals surface area contributed by atoms with Crippen molar-refractivity contribution in [1.29, 1.82) is 0 Å². The van der Waals surface area contributed by atoms with Crippen LogP contribution in [0.1, 0.15) is 5.69 Å². The van der Waals surface area contributed by atoms with Crippen molar-refractivity contribution in [3.63, 3.8) is 0 Å². The largest absolute Gasteiger partial charge is 0.383 e. The highest BCUT2D eigenvalue weighted by molar-refractivity contribution is 5.77. The van der Waals surface area contributed by atoms with E-state index in [-0.39, 0.29) is 18.3 Å². The summed E-state index contributed by atoms with van der Waals surface area (Å²) in [7, 11) is 3.43. The highest BCUT2D eigenvalue weighted by atomic mass is 19.1. The summed E-state index contributed by atoms with van der Waals surface area (Å²) in [5.41, 5.74) is 1.47. The average Bonchev–Trinajstić information content (AvgIpc) is 2.95. The molecule has 0 unspecified atom stereocenters. The molecule has 124 valence electrons. The van der Waals surface area contributed by atoms with E-state index >= 15 is 0 Å². The van der Waals surface area contributed by atoms with E-state index in [0.29, 0.717) is 25.4 Å². The highest BCUT2D eigenvalue weighted by Gasteiger charge is 2.09. The number of amides is 1. The number of nitrogens with zero attached hydrogens (tertiary/aromatic N) is 3. The number of aromatic nitrogens is 2. The minimum Gasteiger partial charge on any atom is -0.383 e. The van der Waals surface area contributed by atoms with Gasteiger partial charge in [0.05, 0.1) is 24.5 Å². The Hall–Kier alpha value is -2.25. The normalized spacial score (nSPS) is 11.0. The molecule has 0 aliphatic rings. The first-order valence-corrected chi connectivity index (χ1v) is 7.33. The summed E-state index contributed by atoms with van der Waals surface area (Å²) in [5.74, 6) is -0.362. The highest BCUT2D eigenvalue weighted by Crippen LogP contribution is 2.10. The summed E-state index contributed by atoms with van der Waals surface area (Å²) < 4.78 is 19.7. The maximum absolute atomic E-state index is 13.2. The molecule has 0 saturated carbocycles. The van der Waals surface area contributed by atoms with Gasteiger partial charge in [0.1, 0.15) is 5.82 Å². The van der Waals surface area contributed by atoms with Crippen LogP contribution in [0, 0.1) is 5.82 Å². The maximum Gasteiger partial charge on any atom is 0.234 e. The van der Waals surface area contributed by atoms with Crippen LogP contribution in [-0.2, 0) is 16.1 Å². The first kappa shape index (κ1) is 17.1. The second-order valence-corrected chi connectivity index (χ2v) is 5.25. The number of nitrogens with one attached hydrogen (secondary N) is 1. The summed E-state index contributed by atoms with van der Waals surface area (Å²) in [6.07, 6.45) is 1.77. The molecule has 6 nitrogen and oxygen atoms in total. The number of ether oxygens (including phenoxy) is 1. The van der Waals surface area contributed by atoms with Gasteiger partial charge >= 0.3 is 0 Å². The summed E-state index contributed by atoms with van der Waals surface area (Å²) in [6.45, 7) is 1.79. The molecule has 2 rings (SSSR count). The molecule has 1 N–H and O–H groups in total. The number of carbonyl (C=O) groups is 1. The predicted octanol–water partition coefficient (Wildman–Crippen LogP) is 1.21. The van der Waals surface area contributed by atoms with E-state index in [9.17, 15) is 9.18 Å². The van der Waals surface area contributed by atoms with Gasteiger partial charge in [0.2, 0.25) is 5.91 Å². The van der Waals surface area contributed by atoms with Crippen LogP contribution >= 0.6 is 0 Å². The van der Waals surface area contributed by atoms with E-state index in [1.165, 1.54) is 12.1 Å². The minimum atomic E-state index is -0.301. The molecule has 1 amide bonds. The number of rotatable bonds is 8. The van der Waals surface area contributed by atoms with Crippen molar-refractivity contribution >= 4 is 5.91 Å². The van der Waals surface area contributed by atoms with Gasteiger partial charge in [-0.3, -0.25) is 9.69 Å². The zero-order valence-corrected chi connectivity index (χ0v) is 13.3. The van der Waals surface area contributed by atoms with Gasteiger partial charge in [0.15, 0.2) is 0 Å². The average molecular weight is 320 g/mol. The molecule has 0 aliphatic heterocycles. The van der Waals surface area contributed by atoms with Crippen molar-refractivity contribution in [2.24, 2.45) is 0 Å². The third kappa shape index (κ3) is 5.46. The lowest BCUT2D eigenvalue weighted by Gasteiger charge is -2.14. The summed E-state index contributed by atoms with van der Waals surface area (Å²) >= 11 is 0. The van der Waals surface area contributed by atoms with E-state index in [1.807, 2.05) is 18.0 Å². The molecular weight excluding hydrogens is 299 g/mol. The van der Waals surface area contributed by atoms with Gasteiger partial charge in [-0.25, -0.2) is 9.07 Å². The number of benzene rings is 1. The molecule has 0 radical (unpaired) electrons. The minimum absolute atomic E-state index is 0.0610. The van der Waals surface area contributed by atoms with E-state index < -0.39 is 0 Å². The number of halogens is 1. The van der Waals surface area contributed by atoms with Crippen molar-refractivity contribution in [2.75, 3.05) is 33.9 Å². The zero-order valence-electron chi connectivity index (χ0n) is 13.3. The van der Waals surface area contributed by atoms with Crippen molar-refractivity contribution in [2.45, 2.75) is 6.54 Å². The molecule has 0 fully saturated rings. The molecule has 0 spiro atoms. The lowest BCUT2D eigenvalue weighted by molar-refractivity contribution is -0.122.